The molecule has 2 heterocycles. The molecule has 1 amide bonds. The lowest BCUT2D eigenvalue weighted by Crippen LogP contribution is -2.28. The monoisotopic (exact) mass is 256 g/mol. The lowest BCUT2D eigenvalue weighted by atomic mass is 10.1. The van der Waals surface area contributed by atoms with Gasteiger partial charge in [0.25, 0.3) is 0 Å². The first kappa shape index (κ1) is 11.9. The zero-order chi connectivity index (χ0) is 12.5. The van der Waals surface area contributed by atoms with Gasteiger partial charge in [-0.25, -0.2) is 23.5 Å². The third kappa shape index (κ3) is 2.98. The Morgan fingerprint density at radius 1 is 1.41 bits per heavy atom. The van der Waals surface area contributed by atoms with Gasteiger partial charge >= 0.3 is 0 Å². The van der Waals surface area contributed by atoms with Crippen LogP contribution in [0, 0.1) is 5.92 Å². The molecule has 1 saturated heterocycles. The topological polar surface area (TPSA) is 106 Å². The van der Waals surface area contributed by atoms with E-state index in [1.54, 1.807) is 6.07 Å². The van der Waals surface area contributed by atoms with Crippen LogP contribution in [-0.4, -0.2) is 36.6 Å². The first-order chi connectivity index (χ1) is 7.96. The smallest absolute Gasteiger partial charge is 0.232 e. The molecule has 1 aromatic rings. The number of hydrogen-bond donors (Lipinski definition) is 1. The second kappa shape index (κ2) is 4.38. The Kier molecular flexibility index (Phi) is 3.07. The minimum absolute atomic E-state index is 0.161. The molecule has 0 radical (unpaired) electrons. The number of anilines is 1. The number of carbonyl (C=O) groups is 1. The summed E-state index contributed by atoms with van der Waals surface area (Å²) in [5, 5.41) is 4.96. The van der Waals surface area contributed by atoms with Gasteiger partial charge in [-0.05, 0) is 6.07 Å². The number of amides is 1. The molecule has 0 bridgehead atoms. The fourth-order valence-corrected chi connectivity index (χ4v) is 2.73. The molecule has 17 heavy (non-hydrogen) atoms. The zero-order valence-corrected chi connectivity index (χ0v) is 9.80. The van der Waals surface area contributed by atoms with Gasteiger partial charge in [-0.15, -0.1) is 0 Å². The van der Waals surface area contributed by atoms with Crippen LogP contribution < -0.4 is 10.0 Å². The molecule has 8 heteroatoms. The number of hydrogen-bond acceptors (Lipinski definition) is 5. The van der Waals surface area contributed by atoms with E-state index in [-0.39, 0.29) is 24.0 Å². The highest BCUT2D eigenvalue weighted by Gasteiger charge is 2.33. The predicted molar refractivity (Wildman–Crippen MR) is 60.5 cm³/mol. The van der Waals surface area contributed by atoms with Crippen LogP contribution >= 0.6 is 0 Å². The van der Waals surface area contributed by atoms with Crippen molar-refractivity contribution in [3.63, 3.8) is 0 Å². The van der Waals surface area contributed by atoms with Crippen molar-refractivity contribution in [1.82, 2.24) is 9.97 Å². The molecule has 1 fully saturated rings. The van der Waals surface area contributed by atoms with E-state index in [1.165, 1.54) is 17.3 Å². The summed E-state index contributed by atoms with van der Waals surface area (Å²) in [4.78, 5) is 21.0. The van der Waals surface area contributed by atoms with Gasteiger partial charge in [0.1, 0.15) is 0 Å². The third-order valence-electron chi connectivity index (χ3n) is 2.47. The maximum absolute atomic E-state index is 11.7. The summed E-state index contributed by atoms with van der Waals surface area (Å²) in [6, 6.07) is 1.64. The standard InChI is InChI=1S/C9H12N4O3S/c10-17(15,16)6-7-4-8(14)13(5-7)9-11-2-1-3-12-9/h1-3,7H,4-6H2,(H2,10,15,16). The van der Waals surface area contributed by atoms with E-state index in [0.29, 0.717) is 12.5 Å². The van der Waals surface area contributed by atoms with Gasteiger partial charge in [-0.1, -0.05) is 0 Å². The normalized spacial score (nSPS) is 20.9. The number of sulfonamides is 1. The maximum atomic E-state index is 11.7. The summed E-state index contributed by atoms with van der Waals surface area (Å²) in [5.74, 6) is -0.359. The van der Waals surface area contributed by atoms with Crippen LogP contribution in [0.2, 0.25) is 0 Å². The molecule has 1 aromatic heterocycles. The number of nitrogens with zero attached hydrogens (tertiary/aromatic N) is 3. The van der Waals surface area contributed by atoms with E-state index in [1.807, 2.05) is 0 Å². The largest absolute Gasteiger partial charge is 0.280 e. The zero-order valence-electron chi connectivity index (χ0n) is 8.98. The Bertz CT molecular complexity index is 516. The number of nitrogens with two attached hydrogens (primary N) is 1. The van der Waals surface area contributed by atoms with Crippen molar-refractivity contribution in [3.05, 3.63) is 18.5 Å². The molecule has 2 N–H and O–H groups in total. The highest BCUT2D eigenvalue weighted by molar-refractivity contribution is 7.89. The van der Waals surface area contributed by atoms with E-state index in [9.17, 15) is 13.2 Å². The fourth-order valence-electron chi connectivity index (χ4n) is 1.85. The summed E-state index contributed by atoms with van der Waals surface area (Å²) < 4.78 is 21.9. The van der Waals surface area contributed by atoms with Crippen LogP contribution in [-0.2, 0) is 14.8 Å². The van der Waals surface area contributed by atoms with Crippen molar-refractivity contribution in [2.24, 2.45) is 11.1 Å². The van der Waals surface area contributed by atoms with Crippen molar-refractivity contribution in [2.75, 3.05) is 17.2 Å². The van der Waals surface area contributed by atoms with Crippen molar-refractivity contribution >= 4 is 21.9 Å². The summed E-state index contributed by atoms with van der Waals surface area (Å²) in [6.07, 6.45) is 3.22. The van der Waals surface area contributed by atoms with E-state index in [4.69, 9.17) is 5.14 Å². The van der Waals surface area contributed by atoms with Crippen LogP contribution in [0.15, 0.2) is 18.5 Å². The van der Waals surface area contributed by atoms with Crippen LogP contribution in [0.5, 0.6) is 0 Å². The number of aromatic nitrogens is 2. The fraction of sp³-hybridized carbons (Fsp3) is 0.444. The van der Waals surface area contributed by atoms with E-state index >= 15 is 0 Å². The molecule has 1 aliphatic rings. The first-order valence-electron chi connectivity index (χ1n) is 5.03. The molecule has 0 aliphatic carbocycles. The minimum atomic E-state index is -3.56. The molecule has 0 aromatic carbocycles. The summed E-state index contributed by atoms with van der Waals surface area (Å²) in [6.45, 7) is 0.291. The Morgan fingerprint density at radius 2 is 2.06 bits per heavy atom. The molecule has 0 spiro atoms. The lowest BCUT2D eigenvalue weighted by Gasteiger charge is -2.13. The van der Waals surface area contributed by atoms with Gasteiger partial charge in [0, 0.05) is 31.3 Å². The molecule has 0 saturated carbocycles. The van der Waals surface area contributed by atoms with Gasteiger partial charge in [0.15, 0.2) is 0 Å². The average Bonchev–Trinajstić information content (AvgIpc) is 2.58. The maximum Gasteiger partial charge on any atom is 0.232 e. The van der Waals surface area contributed by atoms with E-state index < -0.39 is 10.0 Å². The molecule has 92 valence electrons. The first-order valence-corrected chi connectivity index (χ1v) is 6.75. The summed E-state index contributed by atoms with van der Waals surface area (Å²) >= 11 is 0. The number of rotatable bonds is 3. The van der Waals surface area contributed by atoms with E-state index in [0.717, 1.165) is 0 Å². The lowest BCUT2D eigenvalue weighted by molar-refractivity contribution is -0.117. The molecular formula is C9H12N4O3S. The van der Waals surface area contributed by atoms with Crippen molar-refractivity contribution < 1.29 is 13.2 Å². The molecular weight excluding hydrogens is 244 g/mol. The van der Waals surface area contributed by atoms with Gasteiger partial charge < -0.3 is 0 Å². The average molecular weight is 256 g/mol. The van der Waals surface area contributed by atoms with Crippen LogP contribution in [0.25, 0.3) is 0 Å². The number of primary sulfonamides is 1. The molecule has 1 atom stereocenters. The van der Waals surface area contributed by atoms with Crippen LogP contribution in [0.1, 0.15) is 6.42 Å². The van der Waals surface area contributed by atoms with Crippen LogP contribution in [0.3, 0.4) is 0 Å². The van der Waals surface area contributed by atoms with Crippen molar-refractivity contribution in [1.29, 1.82) is 0 Å². The highest BCUT2D eigenvalue weighted by Crippen LogP contribution is 2.22. The molecule has 1 unspecified atom stereocenters. The predicted octanol–water partition coefficient (Wildman–Crippen LogP) is -0.882. The van der Waals surface area contributed by atoms with Gasteiger partial charge in [0.05, 0.1) is 5.75 Å². The Hall–Kier alpha value is -1.54. The highest BCUT2D eigenvalue weighted by atomic mass is 32.2. The second-order valence-electron chi connectivity index (χ2n) is 3.95. The number of carbonyl (C=O) groups excluding carboxylic acids is 1. The van der Waals surface area contributed by atoms with Gasteiger partial charge in [-0.3, -0.25) is 9.69 Å². The Balaban J connectivity index is 2.11. The minimum Gasteiger partial charge on any atom is -0.280 e. The van der Waals surface area contributed by atoms with E-state index in [2.05, 4.69) is 9.97 Å². The van der Waals surface area contributed by atoms with Gasteiger partial charge in [0.2, 0.25) is 21.9 Å². The van der Waals surface area contributed by atoms with Crippen molar-refractivity contribution in [2.45, 2.75) is 6.42 Å². The third-order valence-corrected chi connectivity index (χ3v) is 3.40. The van der Waals surface area contributed by atoms with Crippen LogP contribution in [0.4, 0.5) is 5.95 Å². The quantitative estimate of drug-likeness (QED) is 0.755. The van der Waals surface area contributed by atoms with Gasteiger partial charge in [-0.2, -0.15) is 0 Å². The van der Waals surface area contributed by atoms with Crippen molar-refractivity contribution in [3.8, 4) is 0 Å². The Labute approximate surface area is 98.7 Å². The SMILES string of the molecule is NS(=O)(=O)CC1CC(=O)N(c2ncccn2)C1. The molecule has 1 aliphatic heterocycles. The second-order valence-corrected chi connectivity index (χ2v) is 5.61. The summed E-state index contributed by atoms with van der Waals surface area (Å²) in [7, 11) is -3.56. The Morgan fingerprint density at radius 3 is 2.65 bits per heavy atom. The summed E-state index contributed by atoms with van der Waals surface area (Å²) in [5.41, 5.74) is 0. The molecule has 2 rings (SSSR count). The molecule has 7 nitrogen and oxygen atoms in total.